The number of nitrogens with zero attached hydrogens (tertiary/aromatic N) is 2. The fourth-order valence-corrected chi connectivity index (χ4v) is 6.34. The Morgan fingerprint density at radius 2 is 0.511 bits per heavy atom. The van der Waals surface area contributed by atoms with Crippen LogP contribution in [0.4, 0.5) is 0 Å². The van der Waals surface area contributed by atoms with Crippen molar-refractivity contribution in [3.63, 3.8) is 0 Å². The molecule has 3 aliphatic heterocycles. The molecule has 6 rings (SSSR count). The molecule has 0 unspecified atom stereocenters. The summed E-state index contributed by atoms with van der Waals surface area (Å²) in [5, 5.41) is 21.6. The van der Waals surface area contributed by atoms with E-state index in [4.69, 9.17) is 13.3 Å². The van der Waals surface area contributed by atoms with Gasteiger partial charge in [-0.2, -0.15) is 0 Å². The van der Waals surface area contributed by atoms with Crippen LogP contribution in [0.25, 0.3) is 0 Å². The SMILES string of the molecule is c1cc2oc1CNCCCN1CCCNCc3ccc(o3)CNCCCN(CCCNC2)CCCNCc2ccc(o2)CNCCC1. The van der Waals surface area contributed by atoms with Crippen molar-refractivity contribution in [1.29, 1.82) is 0 Å². The Morgan fingerprint density at radius 1 is 0.319 bits per heavy atom. The van der Waals surface area contributed by atoms with Crippen LogP contribution in [-0.4, -0.2) is 88.3 Å². The van der Waals surface area contributed by atoms with E-state index in [0.29, 0.717) is 0 Å². The van der Waals surface area contributed by atoms with Gasteiger partial charge in [0.15, 0.2) is 0 Å². The average Bonchev–Trinajstić information content (AvgIpc) is 3.84. The van der Waals surface area contributed by atoms with Crippen molar-refractivity contribution in [2.75, 3.05) is 78.5 Å². The van der Waals surface area contributed by atoms with Crippen molar-refractivity contribution in [3.05, 3.63) is 71.0 Å². The Labute approximate surface area is 281 Å². The number of fused-ring (bicyclic) bond motifs is 24. The Balaban J connectivity index is 1.21. The van der Waals surface area contributed by atoms with Gasteiger partial charge in [0.2, 0.25) is 0 Å². The third-order valence-corrected chi connectivity index (χ3v) is 8.91. The van der Waals surface area contributed by atoms with Gasteiger partial charge in [-0.15, -0.1) is 0 Å². The smallest absolute Gasteiger partial charge is 0.118 e. The normalized spacial score (nSPS) is 23.7. The molecule has 0 spiro atoms. The zero-order valence-corrected chi connectivity index (χ0v) is 28.6. The maximum atomic E-state index is 6.10. The monoisotopic (exact) mass is 652 g/mol. The van der Waals surface area contributed by atoms with Gasteiger partial charge >= 0.3 is 0 Å². The summed E-state index contributed by atoms with van der Waals surface area (Å²) in [6, 6.07) is 12.7. The molecule has 11 heteroatoms. The highest BCUT2D eigenvalue weighted by molar-refractivity contribution is 5.08. The molecule has 0 amide bonds. The average molecular weight is 653 g/mol. The van der Waals surface area contributed by atoms with Crippen LogP contribution in [0.1, 0.15) is 73.1 Å². The van der Waals surface area contributed by atoms with Crippen LogP contribution in [0.3, 0.4) is 0 Å². The third kappa shape index (κ3) is 14.3. The van der Waals surface area contributed by atoms with Gasteiger partial charge in [-0.1, -0.05) is 0 Å². The van der Waals surface area contributed by atoms with Gasteiger partial charge in [0.1, 0.15) is 34.6 Å². The zero-order chi connectivity index (χ0) is 32.2. The minimum Gasteiger partial charge on any atom is -0.463 e. The van der Waals surface area contributed by atoms with Gasteiger partial charge in [-0.25, -0.2) is 0 Å². The number of hydrogen-bond donors (Lipinski definition) is 6. The van der Waals surface area contributed by atoms with E-state index >= 15 is 0 Å². The molecule has 0 radical (unpaired) electrons. The van der Waals surface area contributed by atoms with Crippen molar-refractivity contribution in [1.82, 2.24) is 41.7 Å². The van der Waals surface area contributed by atoms with Crippen LogP contribution < -0.4 is 31.9 Å². The van der Waals surface area contributed by atoms with Crippen LogP contribution >= 0.6 is 0 Å². The predicted molar refractivity (Wildman–Crippen MR) is 187 cm³/mol. The minimum atomic E-state index is 0.773. The second-order valence-electron chi connectivity index (χ2n) is 13.0. The molecule has 6 heterocycles. The highest BCUT2D eigenvalue weighted by atomic mass is 16.3. The molecule has 0 saturated heterocycles. The van der Waals surface area contributed by atoms with Crippen LogP contribution in [-0.2, 0) is 39.3 Å². The summed E-state index contributed by atoms with van der Waals surface area (Å²) in [5.74, 6) is 6.07. The molecule has 0 saturated carbocycles. The van der Waals surface area contributed by atoms with E-state index in [-0.39, 0.29) is 0 Å². The lowest BCUT2D eigenvalue weighted by Crippen LogP contribution is -2.32. The van der Waals surface area contributed by atoms with Gasteiger partial charge < -0.3 is 55.0 Å². The summed E-state index contributed by atoms with van der Waals surface area (Å²) in [4.78, 5) is 5.22. The molecule has 0 fully saturated rings. The fraction of sp³-hybridized carbons (Fsp3) is 0.667. The molecular weight excluding hydrogens is 592 g/mol. The van der Waals surface area contributed by atoms with Gasteiger partial charge in [-0.3, -0.25) is 0 Å². The first-order valence-corrected chi connectivity index (χ1v) is 18.2. The van der Waals surface area contributed by atoms with Gasteiger partial charge in [0.05, 0.1) is 39.3 Å². The molecule has 8 bridgehead atoms. The molecule has 6 N–H and O–H groups in total. The number of hydrogen-bond acceptors (Lipinski definition) is 11. The number of rotatable bonds is 0. The standard InChI is InChI=1S/C36H60N8O3/c1-13-37-25-31-7-8-32(45-31)26-40-16-4-22-44-23-5-17-41-29-35-11-9-33(46-35)27-38-14-2-20-43(19-1)21-3-15-39-28-34-10-12-36(47-34)30-42-18-6-24-44/h7-12,37-42H,1-6,13-30H2. The molecular formula is C36H60N8O3. The molecule has 0 atom stereocenters. The van der Waals surface area contributed by atoms with Crippen LogP contribution in [0, 0.1) is 0 Å². The summed E-state index contributed by atoms with van der Waals surface area (Å²) < 4.78 is 18.3. The van der Waals surface area contributed by atoms with Crippen molar-refractivity contribution in [2.45, 2.75) is 77.8 Å². The molecule has 47 heavy (non-hydrogen) atoms. The van der Waals surface area contributed by atoms with Crippen molar-refractivity contribution >= 4 is 0 Å². The molecule has 0 aliphatic carbocycles. The highest BCUT2D eigenvalue weighted by Crippen LogP contribution is 2.10. The highest BCUT2D eigenvalue weighted by Gasteiger charge is 2.10. The summed E-state index contributed by atoms with van der Waals surface area (Å²) in [6.45, 7) is 17.0. The molecule has 3 aromatic rings. The lowest BCUT2D eigenvalue weighted by Gasteiger charge is -2.23. The molecule has 3 aliphatic rings. The summed E-state index contributed by atoms with van der Waals surface area (Å²) in [5.41, 5.74) is 0. The fourth-order valence-electron chi connectivity index (χ4n) is 6.34. The first kappa shape index (κ1) is 35.8. The zero-order valence-electron chi connectivity index (χ0n) is 28.6. The lowest BCUT2D eigenvalue weighted by molar-refractivity contribution is 0.257. The van der Waals surface area contributed by atoms with Crippen LogP contribution in [0.15, 0.2) is 49.6 Å². The van der Waals surface area contributed by atoms with Crippen molar-refractivity contribution < 1.29 is 13.3 Å². The molecule has 0 aromatic carbocycles. The van der Waals surface area contributed by atoms with E-state index in [9.17, 15) is 0 Å². The third-order valence-electron chi connectivity index (χ3n) is 8.91. The Hall–Kier alpha value is -2.48. The summed E-state index contributed by atoms with van der Waals surface area (Å²) in [7, 11) is 0. The summed E-state index contributed by atoms with van der Waals surface area (Å²) in [6.07, 6.45) is 6.66. The van der Waals surface area contributed by atoms with Gasteiger partial charge in [0.25, 0.3) is 0 Å². The van der Waals surface area contributed by atoms with Crippen molar-refractivity contribution in [2.24, 2.45) is 0 Å². The maximum Gasteiger partial charge on any atom is 0.118 e. The van der Waals surface area contributed by atoms with Gasteiger partial charge in [0, 0.05) is 0 Å². The number of nitrogens with one attached hydrogen (secondary N) is 6. The number of furan rings is 3. The molecule has 262 valence electrons. The molecule has 11 nitrogen and oxygen atoms in total. The van der Waals surface area contributed by atoms with Crippen LogP contribution in [0.2, 0.25) is 0 Å². The van der Waals surface area contributed by atoms with E-state index in [2.05, 4.69) is 78.1 Å². The minimum absolute atomic E-state index is 0.773. The summed E-state index contributed by atoms with van der Waals surface area (Å²) >= 11 is 0. The Morgan fingerprint density at radius 3 is 0.702 bits per heavy atom. The second kappa shape index (κ2) is 21.5. The topological polar surface area (TPSA) is 118 Å². The quantitative estimate of drug-likeness (QED) is 0.215. The van der Waals surface area contributed by atoms with E-state index in [1.165, 1.54) is 0 Å². The largest absolute Gasteiger partial charge is 0.463 e. The first-order valence-electron chi connectivity index (χ1n) is 18.2. The molecule has 3 aromatic heterocycles. The second-order valence-corrected chi connectivity index (χ2v) is 13.0. The first-order chi connectivity index (χ1) is 23.3. The lowest BCUT2D eigenvalue weighted by atomic mass is 10.2. The van der Waals surface area contributed by atoms with Crippen LogP contribution in [0.5, 0.6) is 0 Å². The van der Waals surface area contributed by atoms with E-state index in [0.717, 1.165) is 191 Å². The van der Waals surface area contributed by atoms with Gasteiger partial charge in [-0.05, 0) is 153 Å². The van der Waals surface area contributed by atoms with E-state index in [1.54, 1.807) is 0 Å². The Bertz CT molecular complexity index is 993. The van der Waals surface area contributed by atoms with Crippen molar-refractivity contribution in [3.8, 4) is 0 Å². The maximum absolute atomic E-state index is 6.10. The van der Waals surface area contributed by atoms with E-state index < -0.39 is 0 Å². The Kier molecular flexibility index (Phi) is 16.4. The predicted octanol–water partition coefficient (Wildman–Crippen LogP) is 3.38. The van der Waals surface area contributed by atoms with E-state index in [1.807, 2.05) is 0 Å².